The highest BCUT2D eigenvalue weighted by atomic mass is 32.2. The minimum Gasteiger partial charge on any atom is -0.430 e. The van der Waals surface area contributed by atoms with Crippen molar-refractivity contribution in [1.82, 2.24) is 25.1 Å². The predicted molar refractivity (Wildman–Crippen MR) is 108 cm³/mol. The van der Waals surface area contributed by atoms with Crippen molar-refractivity contribution in [2.24, 2.45) is 0 Å². The Labute approximate surface area is 165 Å². The van der Waals surface area contributed by atoms with Crippen LogP contribution in [0.15, 0.2) is 39.0 Å². The zero-order valence-electron chi connectivity index (χ0n) is 15.9. The van der Waals surface area contributed by atoms with Crippen molar-refractivity contribution >= 4 is 34.5 Å². The van der Waals surface area contributed by atoms with Crippen molar-refractivity contribution in [3.63, 3.8) is 0 Å². The van der Waals surface area contributed by atoms with Crippen LogP contribution in [0.5, 0.6) is 0 Å². The van der Waals surface area contributed by atoms with E-state index in [0.717, 1.165) is 23.2 Å². The van der Waals surface area contributed by atoms with Crippen LogP contribution in [0.25, 0.3) is 11.0 Å². The molecule has 0 aliphatic rings. The average molecular weight is 402 g/mol. The second-order valence-electron chi connectivity index (χ2n) is 6.29. The van der Waals surface area contributed by atoms with Gasteiger partial charge in [0.1, 0.15) is 12.1 Å². The number of rotatable bonds is 8. The molecule has 0 aromatic carbocycles. The summed E-state index contributed by atoms with van der Waals surface area (Å²) < 4.78 is 6.45. The highest BCUT2D eigenvalue weighted by molar-refractivity contribution is 7.99. The third-order valence-electron chi connectivity index (χ3n) is 3.75. The minimum absolute atomic E-state index is 0.228. The topological polar surface area (TPSA) is 115 Å². The maximum Gasteiger partial charge on any atom is 0.335 e. The monoisotopic (exact) mass is 402 g/mol. The summed E-state index contributed by atoms with van der Waals surface area (Å²) in [6, 6.07) is 2.87. The summed E-state index contributed by atoms with van der Waals surface area (Å²) in [5, 5.41) is 12.0. The highest BCUT2D eigenvalue weighted by Gasteiger charge is 2.14. The van der Waals surface area contributed by atoms with Gasteiger partial charge in [0, 0.05) is 18.7 Å². The van der Waals surface area contributed by atoms with Gasteiger partial charge in [-0.15, -0.1) is 0 Å². The van der Waals surface area contributed by atoms with Crippen molar-refractivity contribution in [1.29, 1.82) is 0 Å². The van der Waals surface area contributed by atoms with Gasteiger partial charge in [-0.25, -0.2) is 19.4 Å². The van der Waals surface area contributed by atoms with E-state index in [1.165, 1.54) is 12.1 Å². The van der Waals surface area contributed by atoms with E-state index in [9.17, 15) is 9.59 Å². The number of aromatic nitrogens is 4. The molecule has 0 saturated heterocycles. The molecule has 0 spiro atoms. The summed E-state index contributed by atoms with van der Waals surface area (Å²) in [5.41, 5.74) is 0.511. The molecule has 0 fully saturated rings. The van der Waals surface area contributed by atoms with Gasteiger partial charge in [0.05, 0.1) is 23.7 Å². The number of amides is 1. The first-order valence-corrected chi connectivity index (χ1v) is 9.96. The van der Waals surface area contributed by atoms with Gasteiger partial charge in [0.25, 0.3) is 5.91 Å². The van der Waals surface area contributed by atoms with Gasteiger partial charge in [-0.1, -0.05) is 18.7 Å². The molecule has 10 heteroatoms. The number of carbonyl (C=O) groups excluding carboxylic acids is 1. The molecule has 28 heavy (non-hydrogen) atoms. The quantitative estimate of drug-likeness (QED) is 0.435. The molecule has 0 aliphatic heterocycles. The lowest BCUT2D eigenvalue weighted by Gasteiger charge is -2.11. The molecule has 0 atom stereocenters. The van der Waals surface area contributed by atoms with Crippen molar-refractivity contribution in [2.75, 3.05) is 17.6 Å². The Morgan fingerprint density at radius 1 is 1.32 bits per heavy atom. The van der Waals surface area contributed by atoms with Gasteiger partial charge in [0.2, 0.25) is 0 Å². The molecule has 1 amide bonds. The Morgan fingerprint density at radius 3 is 2.82 bits per heavy atom. The third kappa shape index (κ3) is 4.69. The fourth-order valence-corrected chi connectivity index (χ4v) is 3.11. The number of carbonyl (C=O) groups is 1. The SMILES string of the molecule is CCSc1nc(NC(C)C)c2cnn(CCNC(=O)c3ccc(=O)oc3)c2n1. The van der Waals surface area contributed by atoms with Crippen LogP contribution >= 0.6 is 11.8 Å². The lowest BCUT2D eigenvalue weighted by atomic mass is 10.3. The van der Waals surface area contributed by atoms with Crippen molar-refractivity contribution in [3.8, 4) is 0 Å². The Bertz CT molecular complexity index is 1010. The van der Waals surface area contributed by atoms with Crippen LogP contribution in [0.1, 0.15) is 31.1 Å². The molecule has 0 radical (unpaired) electrons. The van der Waals surface area contributed by atoms with Crippen molar-refractivity contribution in [3.05, 3.63) is 40.6 Å². The molecule has 0 unspecified atom stereocenters. The fourth-order valence-electron chi connectivity index (χ4n) is 2.54. The maximum atomic E-state index is 12.1. The predicted octanol–water partition coefficient (Wildman–Crippen LogP) is 2.14. The van der Waals surface area contributed by atoms with E-state index >= 15 is 0 Å². The first-order chi connectivity index (χ1) is 13.5. The number of nitrogens with zero attached hydrogens (tertiary/aromatic N) is 4. The van der Waals surface area contributed by atoms with E-state index in [1.807, 2.05) is 20.8 Å². The van der Waals surface area contributed by atoms with E-state index in [-0.39, 0.29) is 17.5 Å². The number of fused-ring (bicyclic) bond motifs is 1. The zero-order valence-corrected chi connectivity index (χ0v) is 16.7. The molecule has 3 heterocycles. The molecule has 3 aromatic rings. The standard InChI is InChI=1S/C18H22N6O3S/c1-4-28-18-22-15(21-11(2)3)13-9-20-24(16(13)23-18)8-7-19-17(26)12-5-6-14(25)27-10-12/h5-6,9-11H,4,7-8H2,1-3H3,(H,19,26)(H,21,22,23). The van der Waals surface area contributed by atoms with Crippen LogP contribution in [0.4, 0.5) is 5.82 Å². The van der Waals surface area contributed by atoms with E-state index in [2.05, 4.69) is 25.7 Å². The van der Waals surface area contributed by atoms with Gasteiger partial charge in [0.15, 0.2) is 10.8 Å². The van der Waals surface area contributed by atoms with E-state index in [4.69, 9.17) is 4.42 Å². The normalized spacial score (nSPS) is 11.1. The van der Waals surface area contributed by atoms with E-state index in [0.29, 0.717) is 23.9 Å². The summed E-state index contributed by atoms with van der Waals surface area (Å²) in [6.45, 7) is 6.94. The van der Waals surface area contributed by atoms with Crippen LogP contribution in [0.2, 0.25) is 0 Å². The largest absolute Gasteiger partial charge is 0.430 e. The van der Waals surface area contributed by atoms with Gasteiger partial charge >= 0.3 is 5.63 Å². The summed E-state index contributed by atoms with van der Waals surface area (Å²) in [4.78, 5) is 32.3. The number of thioether (sulfide) groups is 1. The Hall–Kier alpha value is -2.88. The van der Waals surface area contributed by atoms with Gasteiger partial charge < -0.3 is 15.1 Å². The highest BCUT2D eigenvalue weighted by Crippen LogP contribution is 2.24. The number of nitrogens with one attached hydrogen (secondary N) is 2. The summed E-state index contributed by atoms with van der Waals surface area (Å²) in [7, 11) is 0. The number of hydrogen-bond donors (Lipinski definition) is 2. The van der Waals surface area contributed by atoms with E-state index < -0.39 is 5.63 Å². The molecule has 3 rings (SSSR count). The molecule has 3 aromatic heterocycles. The molecular formula is C18H22N6O3S. The Kier molecular flexibility index (Phi) is 6.30. The molecule has 9 nitrogen and oxygen atoms in total. The third-order valence-corrected chi connectivity index (χ3v) is 4.48. The van der Waals surface area contributed by atoms with Crippen LogP contribution in [-0.2, 0) is 6.54 Å². The van der Waals surface area contributed by atoms with Crippen LogP contribution in [-0.4, -0.2) is 44.0 Å². The molecular weight excluding hydrogens is 380 g/mol. The Morgan fingerprint density at radius 2 is 2.14 bits per heavy atom. The van der Waals surface area contributed by atoms with Gasteiger partial charge in [-0.05, 0) is 25.7 Å². The molecule has 2 N–H and O–H groups in total. The second kappa shape index (κ2) is 8.87. The molecule has 148 valence electrons. The van der Waals surface area contributed by atoms with Crippen LogP contribution in [0.3, 0.4) is 0 Å². The molecule has 0 saturated carbocycles. The van der Waals surface area contributed by atoms with E-state index in [1.54, 1.807) is 22.6 Å². The lowest BCUT2D eigenvalue weighted by Crippen LogP contribution is -2.27. The Balaban J connectivity index is 1.75. The second-order valence-corrected chi connectivity index (χ2v) is 7.52. The van der Waals surface area contributed by atoms with Crippen LogP contribution < -0.4 is 16.3 Å². The number of hydrogen-bond acceptors (Lipinski definition) is 8. The zero-order chi connectivity index (χ0) is 20.1. The van der Waals surface area contributed by atoms with Gasteiger partial charge in [-0.2, -0.15) is 5.10 Å². The molecule has 0 bridgehead atoms. The van der Waals surface area contributed by atoms with Crippen LogP contribution in [0, 0.1) is 0 Å². The maximum absolute atomic E-state index is 12.1. The summed E-state index contributed by atoms with van der Waals surface area (Å²) in [5.74, 6) is 1.30. The first-order valence-electron chi connectivity index (χ1n) is 8.98. The van der Waals surface area contributed by atoms with Crippen molar-refractivity contribution in [2.45, 2.75) is 38.5 Å². The molecule has 0 aliphatic carbocycles. The smallest absolute Gasteiger partial charge is 0.335 e. The first kappa shape index (κ1) is 19.9. The lowest BCUT2D eigenvalue weighted by molar-refractivity contribution is 0.0949. The average Bonchev–Trinajstić information content (AvgIpc) is 3.05. The fraction of sp³-hybridized carbons (Fsp3) is 0.389. The summed E-state index contributed by atoms with van der Waals surface area (Å²) in [6.07, 6.45) is 2.88. The van der Waals surface area contributed by atoms with Crippen molar-refractivity contribution < 1.29 is 9.21 Å². The minimum atomic E-state index is -0.495. The van der Waals surface area contributed by atoms with Gasteiger partial charge in [-0.3, -0.25) is 4.79 Å². The summed E-state index contributed by atoms with van der Waals surface area (Å²) >= 11 is 1.56. The number of anilines is 1.